The van der Waals surface area contributed by atoms with Crippen molar-refractivity contribution in [3.63, 3.8) is 0 Å². The first kappa shape index (κ1) is 19.0. The van der Waals surface area contributed by atoms with Gasteiger partial charge in [-0.2, -0.15) is 0 Å². The van der Waals surface area contributed by atoms with Gasteiger partial charge in [-0.25, -0.2) is 0 Å². The van der Waals surface area contributed by atoms with Crippen LogP contribution in [0.5, 0.6) is 0 Å². The van der Waals surface area contributed by atoms with Gasteiger partial charge >= 0.3 is 0 Å². The van der Waals surface area contributed by atoms with Crippen LogP contribution in [0, 0.1) is 11.8 Å². The molecule has 123 valence electrons. The van der Waals surface area contributed by atoms with Gasteiger partial charge in [0.2, 0.25) is 0 Å². The van der Waals surface area contributed by atoms with Crippen molar-refractivity contribution in [2.45, 2.75) is 40.0 Å². The topological polar surface area (TPSA) is 0 Å². The van der Waals surface area contributed by atoms with Gasteiger partial charge in [-0.3, -0.25) is 0 Å². The molecule has 24 heavy (non-hydrogen) atoms. The molecule has 0 spiro atoms. The molecule has 0 aliphatic heterocycles. The molecule has 1 aliphatic carbocycles. The van der Waals surface area contributed by atoms with Crippen molar-refractivity contribution < 1.29 is 0 Å². The average Bonchev–Trinajstić information content (AvgIpc) is 2.57. The van der Waals surface area contributed by atoms with Gasteiger partial charge in [0.15, 0.2) is 0 Å². The predicted molar refractivity (Wildman–Crippen MR) is 110 cm³/mol. The summed E-state index contributed by atoms with van der Waals surface area (Å²) in [4.78, 5) is 0. The second-order valence-electron chi connectivity index (χ2n) is 6.98. The molecule has 0 amide bonds. The molecule has 0 aromatic heterocycles. The molecule has 0 saturated heterocycles. The largest absolute Gasteiger partial charge is 0.0633 e. The summed E-state index contributed by atoms with van der Waals surface area (Å²) in [6, 6.07) is 22.3. The average molecular weight is 333 g/mol. The molecule has 3 rings (SSSR count). The smallest absolute Gasteiger partial charge is 0 e. The van der Waals surface area contributed by atoms with Gasteiger partial charge in [-0.1, -0.05) is 87.0 Å². The quantitative estimate of drug-likeness (QED) is 0.514. The lowest BCUT2D eigenvalue weighted by Gasteiger charge is -2.33. The third-order valence-corrected chi connectivity index (χ3v) is 7.45. The first-order valence-electron chi connectivity index (χ1n) is 8.79. The van der Waals surface area contributed by atoms with Crippen molar-refractivity contribution in [3.05, 3.63) is 71.6 Å². The third kappa shape index (κ3) is 4.20. The van der Waals surface area contributed by atoms with E-state index in [1.807, 2.05) is 0 Å². The fourth-order valence-corrected chi connectivity index (χ4v) is 6.59. The van der Waals surface area contributed by atoms with E-state index in [1.165, 1.54) is 29.9 Å². The van der Waals surface area contributed by atoms with Crippen LogP contribution < -0.4 is 10.6 Å². The Bertz CT molecular complexity index is 621. The van der Waals surface area contributed by atoms with E-state index in [0.717, 1.165) is 5.92 Å². The molecule has 0 bridgehead atoms. The molecule has 2 aromatic carbocycles. The monoisotopic (exact) mass is 333 g/mol. The second-order valence-corrected chi connectivity index (χ2v) is 9.22. The Morgan fingerprint density at radius 3 is 1.83 bits per heavy atom. The van der Waals surface area contributed by atoms with Gasteiger partial charge in [0.05, 0.1) is 0 Å². The van der Waals surface area contributed by atoms with E-state index < -0.39 is 0 Å². The van der Waals surface area contributed by atoms with Crippen molar-refractivity contribution in [1.82, 2.24) is 0 Å². The van der Waals surface area contributed by atoms with E-state index in [-0.39, 0.29) is 16.3 Å². The minimum absolute atomic E-state index is 0. The van der Waals surface area contributed by atoms with Crippen LogP contribution in [0.3, 0.4) is 0 Å². The number of hydrogen-bond donors (Lipinski definition) is 0. The summed E-state index contributed by atoms with van der Waals surface area (Å²) in [6.07, 6.45) is 3.90. The highest BCUT2D eigenvalue weighted by Crippen LogP contribution is 2.52. The SMILES string of the molecule is CC1CCC(C(C)C)=C(P(c2ccccc2)c2ccccc2)C1.[B]. The summed E-state index contributed by atoms with van der Waals surface area (Å²) in [5.74, 6) is 1.47. The highest BCUT2D eigenvalue weighted by atomic mass is 31.1. The molecular formula is C22H27BP. The Morgan fingerprint density at radius 1 is 0.875 bits per heavy atom. The molecule has 1 aliphatic rings. The van der Waals surface area contributed by atoms with Crippen LogP contribution in [-0.4, -0.2) is 8.41 Å². The summed E-state index contributed by atoms with van der Waals surface area (Å²) in [5, 5.41) is 4.73. The molecular weight excluding hydrogens is 306 g/mol. The van der Waals surface area contributed by atoms with Crippen LogP contribution in [0.1, 0.15) is 40.0 Å². The summed E-state index contributed by atoms with van der Waals surface area (Å²) in [5.41, 5.74) is 1.72. The lowest BCUT2D eigenvalue weighted by Crippen LogP contribution is -2.19. The van der Waals surface area contributed by atoms with E-state index in [2.05, 4.69) is 81.4 Å². The van der Waals surface area contributed by atoms with Crippen LogP contribution >= 0.6 is 7.92 Å². The molecule has 0 saturated carbocycles. The number of benzene rings is 2. The van der Waals surface area contributed by atoms with Crippen LogP contribution in [-0.2, 0) is 0 Å². The van der Waals surface area contributed by atoms with Gasteiger partial charge in [0.1, 0.15) is 0 Å². The zero-order chi connectivity index (χ0) is 16.2. The van der Waals surface area contributed by atoms with Crippen molar-refractivity contribution in [1.29, 1.82) is 0 Å². The normalized spacial score (nSPS) is 18.0. The van der Waals surface area contributed by atoms with Crippen molar-refractivity contribution in [3.8, 4) is 0 Å². The molecule has 0 N–H and O–H groups in total. The Hall–Kier alpha value is -1.33. The van der Waals surface area contributed by atoms with Crippen LogP contribution in [0.25, 0.3) is 0 Å². The molecule has 2 aromatic rings. The summed E-state index contributed by atoms with van der Waals surface area (Å²) in [7, 11) is -0.388. The molecule has 1 atom stereocenters. The molecule has 2 heteroatoms. The maximum absolute atomic E-state index is 2.42. The Morgan fingerprint density at radius 2 is 1.38 bits per heavy atom. The van der Waals surface area contributed by atoms with Gasteiger partial charge in [0.25, 0.3) is 0 Å². The van der Waals surface area contributed by atoms with Gasteiger partial charge in [-0.05, 0) is 54.9 Å². The van der Waals surface area contributed by atoms with Crippen molar-refractivity contribution in [2.75, 3.05) is 0 Å². The van der Waals surface area contributed by atoms with E-state index in [1.54, 1.807) is 10.9 Å². The van der Waals surface area contributed by atoms with Gasteiger partial charge < -0.3 is 0 Å². The lowest BCUT2D eigenvalue weighted by atomic mass is 9.86. The summed E-state index contributed by atoms with van der Waals surface area (Å²) >= 11 is 0. The molecule has 0 heterocycles. The summed E-state index contributed by atoms with van der Waals surface area (Å²) < 4.78 is 0. The van der Waals surface area contributed by atoms with E-state index in [0.29, 0.717) is 5.92 Å². The highest BCUT2D eigenvalue weighted by molar-refractivity contribution is 7.76. The number of hydrogen-bond acceptors (Lipinski definition) is 0. The van der Waals surface area contributed by atoms with Gasteiger partial charge in [-0.15, -0.1) is 0 Å². The molecule has 3 radical (unpaired) electrons. The first-order valence-corrected chi connectivity index (χ1v) is 10.1. The maximum Gasteiger partial charge on any atom is 0 e. The Kier molecular flexibility index (Phi) is 6.87. The van der Waals surface area contributed by atoms with Crippen LogP contribution in [0.4, 0.5) is 0 Å². The second kappa shape index (κ2) is 8.68. The van der Waals surface area contributed by atoms with E-state index in [9.17, 15) is 0 Å². The van der Waals surface area contributed by atoms with E-state index in [4.69, 9.17) is 0 Å². The Balaban J connectivity index is 0.00000208. The zero-order valence-electron chi connectivity index (χ0n) is 15.1. The first-order chi connectivity index (χ1) is 11.2. The maximum atomic E-state index is 2.42. The molecule has 0 fully saturated rings. The minimum Gasteiger partial charge on any atom is -0.0633 e. The fourth-order valence-electron chi connectivity index (χ4n) is 3.58. The van der Waals surface area contributed by atoms with Crippen molar-refractivity contribution in [2.24, 2.45) is 11.8 Å². The third-order valence-electron chi connectivity index (χ3n) is 4.81. The zero-order valence-corrected chi connectivity index (χ0v) is 16.0. The number of rotatable bonds is 4. The van der Waals surface area contributed by atoms with Gasteiger partial charge in [0, 0.05) is 8.41 Å². The standard InChI is InChI=1S/C22H27P.B/c1-17(2)21-15-14-18(3)16-22(21)23(19-10-6-4-7-11-19)20-12-8-5-9-13-20;/h4-13,17-18H,14-16H2,1-3H3;. The molecule has 0 nitrogen and oxygen atoms in total. The highest BCUT2D eigenvalue weighted by Gasteiger charge is 2.27. The summed E-state index contributed by atoms with van der Waals surface area (Å²) in [6.45, 7) is 7.16. The van der Waals surface area contributed by atoms with Crippen LogP contribution in [0.2, 0.25) is 0 Å². The van der Waals surface area contributed by atoms with Crippen LogP contribution in [0.15, 0.2) is 71.6 Å². The predicted octanol–water partition coefficient (Wildman–Crippen LogP) is 5.47. The van der Waals surface area contributed by atoms with E-state index >= 15 is 0 Å². The Labute approximate surface area is 150 Å². The van der Waals surface area contributed by atoms with Crippen molar-refractivity contribution >= 4 is 26.9 Å². The minimum atomic E-state index is -0.388. The fraction of sp³-hybridized carbons (Fsp3) is 0.364. The molecule has 1 unspecified atom stereocenters. The number of allylic oxidation sites excluding steroid dienone is 2. The lowest BCUT2D eigenvalue weighted by molar-refractivity contribution is 0.484.